The summed E-state index contributed by atoms with van der Waals surface area (Å²) in [5, 5.41) is 2.39. The van der Waals surface area contributed by atoms with Crippen LogP contribution in [0.2, 0.25) is 0 Å². The summed E-state index contributed by atoms with van der Waals surface area (Å²) in [6, 6.07) is -0.833. The highest BCUT2D eigenvalue weighted by molar-refractivity contribution is 6.04. The third-order valence-electron chi connectivity index (χ3n) is 4.51. The van der Waals surface area contributed by atoms with E-state index in [2.05, 4.69) is 22.1 Å². The van der Waals surface area contributed by atoms with E-state index < -0.39 is 12.2 Å². The zero-order chi connectivity index (χ0) is 15.9. The van der Waals surface area contributed by atoms with Crippen LogP contribution >= 0.6 is 0 Å². The SMILES string of the molecule is CCCCCCN1C(C)=CN2C1=NC1C2C(=O)NC(=O)N1C. The maximum absolute atomic E-state index is 12.2. The number of nitrogens with zero attached hydrogens (tertiary/aromatic N) is 4. The summed E-state index contributed by atoms with van der Waals surface area (Å²) in [5.41, 5.74) is 1.10. The van der Waals surface area contributed by atoms with E-state index in [1.807, 2.05) is 18.0 Å². The van der Waals surface area contributed by atoms with Crippen molar-refractivity contribution in [2.45, 2.75) is 51.7 Å². The first-order valence-corrected chi connectivity index (χ1v) is 7.94. The van der Waals surface area contributed by atoms with Crippen LogP contribution in [0.5, 0.6) is 0 Å². The Kier molecular flexibility index (Phi) is 3.80. The van der Waals surface area contributed by atoms with Gasteiger partial charge in [0.1, 0.15) is 0 Å². The molecule has 0 radical (unpaired) electrons. The van der Waals surface area contributed by atoms with Crippen LogP contribution in [-0.4, -0.2) is 58.4 Å². The number of carbonyl (C=O) groups excluding carboxylic acids is 2. The van der Waals surface area contributed by atoms with Gasteiger partial charge in [0.15, 0.2) is 12.2 Å². The van der Waals surface area contributed by atoms with Gasteiger partial charge in [0.2, 0.25) is 5.96 Å². The molecule has 0 bridgehead atoms. The van der Waals surface area contributed by atoms with Gasteiger partial charge in [-0.3, -0.25) is 10.1 Å². The minimum absolute atomic E-state index is 0.274. The van der Waals surface area contributed by atoms with Crippen molar-refractivity contribution in [2.75, 3.05) is 13.6 Å². The predicted molar refractivity (Wildman–Crippen MR) is 82.8 cm³/mol. The van der Waals surface area contributed by atoms with Crippen molar-refractivity contribution in [3.8, 4) is 0 Å². The number of hydrogen-bond acceptors (Lipinski definition) is 5. The average Bonchev–Trinajstić information content (AvgIpc) is 2.97. The lowest BCUT2D eigenvalue weighted by Gasteiger charge is -2.34. The number of hydrogen-bond donors (Lipinski definition) is 1. The molecule has 3 aliphatic heterocycles. The molecule has 0 saturated carbocycles. The number of likely N-dealkylation sites (N-methyl/N-ethyl adjacent to an activating group) is 1. The van der Waals surface area contributed by atoms with E-state index in [4.69, 9.17) is 0 Å². The number of carbonyl (C=O) groups is 2. The number of amides is 3. The highest BCUT2D eigenvalue weighted by Gasteiger charge is 2.51. The summed E-state index contributed by atoms with van der Waals surface area (Å²) in [4.78, 5) is 34.1. The molecule has 0 spiro atoms. The van der Waals surface area contributed by atoms with Gasteiger partial charge in [-0.15, -0.1) is 0 Å². The first kappa shape index (κ1) is 14.9. The Labute approximate surface area is 130 Å². The van der Waals surface area contributed by atoms with Crippen molar-refractivity contribution in [1.82, 2.24) is 20.0 Å². The molecular weight excluding hydrogens is 282 g/mol. The number of nitrogens with one attached hydrogen (secondary N) is 1. The van der Waals surface area contributed by atoms with Crippen LogP contribution in [0.25, 0.3) is 0 Å². The molecule has 3 aliphatic rings. The lowest BCUT2D eigenvalue weighted by molar-refractivity contribution is -0.126. The predicted octanol–water partition coefficient (Wildman–Crippen LogP) is 1.29. The molecule has 1 saturated heterocycles. The summed E-state index contributed by atoms with van der Waals surface area (Å²) in [6.07, 6.45) is 6.27. The smallest absolute Gasteiger partial charge is 0.315 e. The van der Waals surface area contributed by atoms with Gasteiger partial charge in [0.25, 0.3) is 5.91 Å². The molecular formula is C15H23N5O2. The van der Waals surface area contributed by atoms with E-state index in [1.165, 1.54) is 24.2 Å². The molecule has 0 aliphatic carbocycles. The van der Waals surface area contributed by atoms with Crippen molar-refractivity contribution in [3.05, 3.63) is 11.9 Å². The molecule has 3 rings (SSSR count). The summed E-state index contributed by atoms with van der Waals surface area (Å²) < 4.78 is 0. The molecule has 2 unspecified atom stereocenters. The van der Waals surface area contributed by atoms with E-state index in [0.717, 1.165) is 24.6 Å². The monoisotopic (exact) mass is 305 g/mol. The van der Waals surface area contributed by atoms with E-state index in [0.29, 0.717) is 0 Å². The maximum atomic E-state index is 12.2. The van der Waals surface area contributed by atoms with Gasteiger partial charge < -0.3 is 14.7 Å². The third kappa shape index (κ3) is 2.24. The Morgan fingerprint density at radius 3 is 2.77 bits per heavy atom. The second-order valence-electron chi connectivity index (χ2n) is 6.08. The van der Waals surface area contributed by atoms with Gasteiger partial charge in [0.05, 0.1) is 0 Å². The second kappa shape index (κ2) is 5.62. The average molecular weight is 305 g/mol. The van der Waals surface area contributed by atoms with E-state index in [-0.39, 0.29) is 11.9 Å². The highest BCUT2D eigenvalue weighted by Crippen LogP contribution is 2.31. The van der Waals surface area contributed by atoms with Crippen LogP contribution in [0.15, 0.2) is 16.9 Å². The molecule has 3 heterocycles. The van der Waals surface area contributed by atoms with Gasteiger partial charge in [-0.1, -0.05) is 26.2 Å². The van der Waals surface area contributed by atoms with Gasteiger partial charge in [-0.2, -0.15) is 0 Å². The van der Waals surface area contributed by atoms with Crippen molar-refractivity contribution in [2.24, 2.45) is 4.99 Å². The van der Waals surface area contributed by atoms with Crippen LogP contribution in [0.4, 0.5) is 4.79 Å². The third-order valence-corrected chi connectivity index (χ3v) is 4.51. The van der Waals surface area contributed by atoms with Crippen LogP contribution in [0, 0.1) is 0 Å². The molecule has 0 aromatic carbocycles. The summed E-state index contributed by atoms with van der Waals surface area (Å²) in [6.45, 7) is 5.13. The number of rotatable bonds is 5. The van der Waals surface area contributed by atoms with E-state index in [1.54, 1.807) is 7.05 Å². The molecule has 0 aromatic rings. The molecule has 2 atom stereocenters. The van der Waals surface area contributed by atoms with Crippen LogP contribution < -0.4 is 5.32 Å². The van der Waals surface area contributed by atoms with Crippen molar-refractivity contribution < 1.29 is 9.59 Å². The number of imide groups is 1. The Morgan fingerprint density at radius 1 is 1.27 bits per heavy atom. The number of allylic oxidation sites excluding steroid dienone is 1. The Hall–Kier alpha value is -2.05. The van der Waals surface area contributed by atoms with Crippen LogP contribution in [-0.2, 0) is 4.79 Å². The quantitative estimate of drug-likeness (QED) is 0.777. The Balaban J connectivity index is 1.76. The molecule has 22 heavy (non-hydrogen) atoms. The number of guanidine groups is 1. The fourth-order valence-corrected chi connectivity index (χ4v) is 3.22. The van der Waals surface area contributed by atoms with Crippen molar-refractivity contribution in [3.63, 3.8) is 0 Å². The van der Waals surface area contributed by atoms with Gasteiger partial charge >= 0.3 is 6.03 Å². The van der Waals surface area contributed by atoms with Gasteiger partial charge in [-0.25, -0.2) is 9.79 Å². The molecule has 7 nitrogen and oxygen atoms in total. The number of fused-ring (bicyclic) bond motifs is 3. The molecule has 120 valence electrons. The number of urea groups is 1. The zero-order valence-electron chi connectivity index (χ0n) is 13.4. The zero-order valence-corrected chi connectivity index (χ0v) is 13.4. The molecule has 3 amide bonds. The second-order valence-corrected chi connectivity index (χ2v) is 6.08. The minimum Gasteiger partial charge on any atom is -0.315 e. The maximum Gasteiger partial charge on any atom is 0.325 e. The van der Waals surface area contributed by atoms with Crippen LogP contribution in [0.3, 0.4) is 0 Å². The highest BCUT2D eigenvalue weighted by atomic mass is 16.2. The Bertz CT molecular complexity index is 556. The topological polar surface area (TPSA) is 68.2 Å². The van der Waals surface area contributed by atoms with E-state index in [9.17, 15) is 9.59 Å². The molecule has 7 heteroatoms. The summed E-state index contributed by atoms with van der Waals surface area (Å²) >= 11 is 0. The lowest BCUT2D eigenvalue weighted by Crippen LogP contribution is -2.62. The first-order chi connectivity index (χ1) is 10.5. The largest absolute Gasteiger partial charge is 0.325 e. The van der Waals surface area contributed by atoms with Crippen LogP contribution in [0.1, 0.15) is 39.5 Å². The standard InChI is InChI=1S/C15H23N5O2/c1-4-5-6-7-8-19-10(2)9-20-11-12(16-14(19)20)18(3)15(22)17-13(11)21/h9,11-12H,4-8H2,1-3H3,(H,17,21,22). The fourth-order valence-electron chi connectivity index (χ4n) is 3.22. The molecule has 0 aromatic heterocycles. The Morgan fingerprint density at radius 2 is 2.05 bits per heavy atom. The molecule has 1 N–H and O–H groups in total. The summed E-state index contributed by atoms with van der Waals surface area (Å²) in [7, 11) is 1.67. The first-order valence-electron chi connectivity index (χ1n) is 7.94. The van der Waals surface area contributed by atoms with E-state index >= 15 is 0 Å². The normalized spacial score (nSPS) is 26.8. The minimum atomic E-state index is -0.451. The van der Waals surface area contributed by atoms with Crippen molar-refractivity contribution >= 4 is 17.9 Å². The lowest BCUT2D eigenvalue weighted by atomic mass is 10.1. The fraction of sp³-hybridized carbons (Fsp3) is 0.667. The van der Waals surface area contributed by atoms with Gasteiger partial charge in [0, 0.05) is 25.5 Å². The molecule has 1 fully saturated rings. The number of aliphatic imine (C=N–C) groups is 1. The van der Waals surface area contributed by atoms with Gasteiger partial charge in [-0.05, 0) is 13.3 Å². The van der Waals surface area contributed by atoms with Crippen molar-refractivity contribution in [1.29, 1.82) is 0 Å². The number of unbranched alkanes of at least 4 members (excludes halogenated alkanes) is 3. The summed E-state index contributed by atoms with van der Waals surface area (Å²) in [5.74, 6) is 0.518.